The van der Waals surface area contributed by atoms with Crippen LogP contribution in [0.1, 0.15) is 184 Å². The molecule has 832 valence electrons. The highest BCUT2D eigenvalue weighted by Gasteiger charge is 2.42. The molecule has 0 aliphatic rings. The van der Waals surface area contributed by atoms with Crippen LogP contribution in [0, 0.1) is 28.1 Å². The number of hydrogen-bond acceptors (Lipinski definition) is 30. The summed E-state index contributed by atoms with van der Waals surface area (Å²) in [5, 5.41) is 136. The summed E-state index contributed by atoms with van der Waals surface area (Å²) in [7, 11) is 0. The standard InChI is InChI=1S/C90H148N30O28S/c1-41(2)34-59(80(141)104-43(5)70(91)131)117-87(148)69(49(11)123)120-84(145)63(38-66(129)130)116-82(143)61(36-51-20-15-14-16-21-51)113-72(133)45(7)105-74(135)53(22-17-30-99-88(92)93)109-83(144)62(37-52-39-98-40-102-52)115-81(142)60(35-42(3)4)114-78(139)58(29-33-149-13)111-75(136)54(23-18-31-100-89(94)95)108-76(137)55(24-19-32-101-90(96)97)112-86(147)68(48(10)122)119-79(140)57(26-28-65(127)128)110-77(138)56(25-27-64(125)126)107-71(132)46(8)106-85(146)67(47(9)121)118-73(134)44(6)103-50(12)124/h14-16,20-21,39-49,53-63,67-69,121-123H,17-19,22-38H2,1-13H3,(H2,91,131)(H,98,102)(H,103,124)(H,104,141)(H,105,135)(H,106,146)(H,107,132)(H,108,137)(H,109,144)(H,110,138)(H,111,136)(H,112,147)(H,113,133)(H,114,139)(H,115,142)(H,116,143)(H,117,148)(H,118,134)(H,119,140)(H,120,145)(H,125,126)(H,127,128)(H,129,130)(H4,92,93,99)(H4,94,95,100)(H4,96,97,101)/t43-,44-,45-,46-,47+,48+,49+,53-,54-,55-,56-,57-,58-,59-,60-,61-,62-,63-,67-,68-,69-/m0/s1. The number of aromatic amines is 1. The zero-order valence-electron chi connectivity index (χ0n) is 85.3. The monoisotopic (exact) mass is 2130 g/mol. The number of aliphatic carboxylic acids is 3. The Morgan fingerprint density at radius 2 is 0.631 bits per heavy atom. The normalized spacial score (nSPS) is 15.3. The van der Waals surface area contributed by atoms with Crippen LogP contribution in [0.15, 0.2) is 42.9 Å². The van der Waals surface area contributed by atoms with Gasteiger partial charge < -0.3 is 170 Å². The first-order valence-electron chi connectivity index (χ1n) is 47.9. The maximum atomic E-state index is 15.0. The second kappa shape index (κ2) is 66.8. The quantitative estimate of drug-likeness (QED) is 0.0166. The van der Waals surface area contributed by atoms with Crippen molar-refractivity contribution in [2.75, 3.05) is 31.6 Å². The first kappa shape index (κ1) is 130. The number of carbonyl (C=O) groups excluding carboxylic acids is 19. The molecule has 0 spiro atoms. The number of primary amides is 1. The number of carbonyl (C=O) groups is 22. The van der Waals surface area contributed by atoms with E-state index in [1.165, 1.54) is 45.1 Å². The van der Waals surface area contributed by atoms with Crippen LogP contribution in [-0.2, 0) is 118 Å². The molecule has 1 aromatic heterocycles. The summed E-state index contributed by atoms with van der Waals surface area (Å²) in [4.78, 5) is 309. The number of hydrogen-bond donors (Lipinski definition) is 35. The first-order chi connectivity index (χ1) is 69.7. The van der Waals surface area contributed by atoms with E-state index < -0.39 is 326 Å². The minimum atomic E-state index is -2.12. The molecule has 0 radical (unpaired) electrons. The van der Waals surface area contributed by atoms with Gasteiger partial charge in [-0.05, 0) is 149 Å². The summed E-state index contributed by atoms with van der Waals surface area (Å²) in [6.07, 6.45) is -7.78. The number of carboxylic acid groups (broad SMARTS) is 3. The zero-order chi connectivity index (χ0) is 113. The van der Waals surface area contributed by atoms with Crippen LogP contribution < -0.4 is 135 Å². The van der Waals surface area contributed by atoms with Crippen molar-refractivity contribution in [1.82, 2.24) is 122 Å². The molecular weight excluding hydrogens is 1980 g/mol. The third kappa shape index (κ3) is 51.1. The van der Waals surface area contributed by atoms with E-state index in [1.54, 1.807) is 64.3 Å². The van der Waals surface area contributed by atoms with Crippen LogP contribution in [0.2, 0.25) is 0 Å². The number of carboxylic acids is 3. The van der Waals surface area contributed by atoms with Crippen LogP contribution in [0.3, 0.4) is 0 Å². The average Bonchev–Trinajstić information content (AvgIpc) is 0.882. The summed E-state index contributed by atoms with van der Waals surface area (Å²) < 4.78 is 0. The smallest absolute Gasteiger partial charge is 0.305 e. The molecule has 19 amide bonds. The lowest BCUT2D eigenvalue weighted by molar-refractivity contribution is -0.142. The van der Waals surface area contributed by atoms with Gasteiger partial charge in [0.05, 0.1) is 31.1 Å². The van der Waals surface area contributed by atoms with Crippen molar-refractivity contribution >= 4 is 160 Å². The van der Waals surface area contributed by atoms with Gasteiger partial charge in [-0.25, -0.2) is 4.98 Å². The van der Waals surface area contributed by atoms with Crippen molar-refractivity contribution in [3.63, 3.8) is 0 Å². The van der Waals surface area contributed by atoms with Gasteiger partial charge in [-0.2, -0.15) is 11.8 Å². The SMILES string of the molecule is CSCC[C@H](NC(=O)[C@H](CCCNC(=N)N)NC(=O)[C@H](CCCNC(=N)N)NC(=O)[C@@H](NC(=O)[C@H](CCC(=O)O)NC(=O)[C@H](CCC(=O)O)NC(=O)[C@H](C)NC(=O)[C@@H](NC(=O)[C@H](C)NC(C)=O)[C@@H](C)O)[C@@H](C)O)C(=O)N[C@@H](CC(C)C)C(=O)N[C@@H](Cc1cnc[nH]1)C(=O)N[C@@H](CCCNC(=N)N)C(=O)N[C@@H](C)C(=O)N[C@@H](Cc1ccccc1)C(=O)N[C@@H](CC(=O)O)C(=O)N[C@H](C(=O)N[C@@H](CC(C)C)C(=O)N[C@@H](C)C(N)=O)[C@@H](C)O. The number of imidazole rings is 1. The Kier molecular flexibility index (Phi) is 58.3. The van der Waals surface area contributed by atoms with Crippen LogP contribution in [-0.4, -0.2) is 347 Å². The first-order valence-corrected chi connectivity index (χ1v) is 49.3. The number of aliphatic hydroxyl groups is 3. The van der Waals surface area contributed by atoms with Gasteiger partial charge in [0.25, 0.3) is 0 Å². The molecule has 0 saturated carbocycles. The maximum Gasteiger partial charge on any atom is 0.305 e. The Morgan fingerprint density at radius 3 is 1.00 bits per heavy atom. The van der Waals surface area contributed by atoms with Crippen LogP contribution in [0.5, 0.6) is 0 Å². The van der Waals surface area contributed by atoms with Gasteiger partial charge in [-0.3, -0.25) is 122 Å². The molecule has 0 aliphatic carbocycles. The van der Waals surface area contributed by atoms with Gasteiger partial charge in [0.2, 0.25) is 112 Å². The molecule has 39 N–H and O–H groups in total. The number of rotatable bonds is 70. The minimum absolute atomic E-state index is 0.0202. The number of nitrogens with zero attached hydrogens (tertiary/aromatic N) is 1. The molecule has 58 nitrogen and oxygen atoms in total. The Hall–Kier alpha value is -15.2. The van der Waals surface area contributed by atoms with Gasteiger partial charge in [0.1, 0.15) is 109 Å². The second-order valence-electron chi connectivity index (χ2n) is 36.3. The fourth-order valence-electron chi connectivity index (χ4n) is 14.2. The molecule has 2 aromatic rings. The van der Waals surface area contributed by atoms with Crippen LogP contribution >= 0.6 is 11.8 Å². The van der Waals surface area contributed by atoms with Gasteiger partial charge in [0, 0.05) is 64.1 Å². The third-order valence-electron chi connectivity index (χ3n) is 22.2. The van der Waals surface area contributed by atoms with E-state index in [4.69, 9.17) is 39.2 Å². The van der Waals surface area contributed by atoms with Crippen LogP contribution in [0.25, 0.3) is 0 Å². The van der Waals surface area contributed by atoms with Crippen molar-refractivity contribution in [1.29, 1.82) is 16.2 Å². The maximum absolute atomic E-state index is 15.0. The zero-order valence-corrected chi connectivity index (χ0v) is 86.1. The summed E-state index contributed by atoms with van der Waals surface area (Å²) in [6, 6.07) is -22.4. The summed E-state index contributed by atoms with van der Waals surface area (Å²) >= 11 is 1.22. The molecule has 149 heavy (non-hydrogen) atoms. The number of guanidine groups is 3. The Morgan fingerprint density at radius 1 is 0.342 bits per heavy atom. The van der Waals surface area contributed by atoms with Crippen molar-refractivity contribution in [2.24, 2.45) is 34.8 Å². The highest BCUT2D eigenvalue weighted by atomic mass is 32.2. The Bertz CT molecular complexity index is 4900. The molecule has 2 rings (SSSR count). The van der Waals surface area contributed by atoms with Crippen molar-refractivity contribution < 1.29 is 136 Å². The molecular formula is C90H148N30O28S. The van der Waals surface area contributed by atoms with E-state index in [2.05, 4.69) is 122 Å². The molecule has 0 fully saturated rings. The van der Waals surface area contributed by atoms with Gasteiger partial charge in [0.15, 0.2) is 17.9 Å². The molecule has 59 heteroatoms. The molecule has 0 unspecified atom stereocenters. The largest absolute Gasteiger partial charge is 0.481 e. The molecule has 21 atom stereocenters. The van der Waals surface area contributed by atoms with Crippen molar-refractivity contribution in [2.45, 2.75) is 313 Å². The highest BCUT2D eigenvalue weighted by molar-refractivity contribution is 7.98. The average molecular weight is 2130 g/mol. The fraction of sp³-hybridized carbons (Fsp3) is 0.622. The number of nitrogens with two attached hydrogens (primary N) is 4. The number of benzene rings is 1. The van der Waals surface area contributed by atoms with E-state index in [9.17, 15) is 131 Å². The summed E-state index contributed by atoms with van der Waals surface area (Å²) in [5.74, 6) is -27.5. The number of amides is 19. The third-order valence-corrected chi connectivity index (χ3v) is 22.8. The molecule has 0 bridgehead atoms. The lowest BCUT2D eigenvalue weighted by atomic mass is 10.0. The van der Waals surface area contributed by atoms with Crippen LogP contribution in [0.4, 0.5) is 0 Å². The number of aliphatic hydroxyl groups excluding tert-OH is 3. The predicted molar refractivity (Wildman–Crippen MR) is 535 cm³/mol. The van der Waals surface area contributed by atoms with E-state index in [1.807, 2.05) is 0 Å². The topological polar surface area (TPSA) is 954 Å². The van der Waals surface area contributed by atoms with E-state index in [-0.39, 0.29) is 94.8 Å². The van der Waals surface area contributed by atoms with Crippen molar-refractivity contribution in [3.05, 3.63) is 54.1 Å². The fourth-order valence-corrected chi connectivity index (χ4v) is 14.6. The number of nitrogens with one attached hydrogen (secondary N) is 25. The van der Waals surface area contributed by atoms with Crippen molar-refractivity contribution in [3.8, 4) is 0 Å². The van der Waals surface area contributed by atoms with E-state index in [0.717, 1.165) is 34.6 Å². The molecule has 1 heterocycles. The van der Waals surface area contributed by atoms with Gasteiger partial charge >= 0.3 is 17.9 Å². The lowest BCUT2D eigenvalue weighted by Crippen LogP contribution is -2.62. The summed E-state index contributed by atoms with van der Waals surface area (Å²) in [5.41, 5.74) is 22.6. The van der Waals surface area contributed by atoms with E-state index >= 15 is 4.79 Å². The minimum Gasteiger partial charge on any atom is -0.481 e. The predicted octanol–water partition coefficient (Wildman–Crippen LogP) is -10.5. The van der Waals surface area contributed by atoms with Gasteiger partial charge in [-0.1, -0.05) is 58.0 Å². The highest BCUT2D eigenvalue weighted by Crippen LogP contribution is 2.17. The number of aromatic nitrogens is 2. The second-order valence-corrected chi connectivity index (χ2v) is 37.3. The van der Waals surface area contributed by atoms with Gasteiger partial charge in [-0.15, -0.1) is 0 Å². The van der Waals surface area contributed by atoms with E-state index in [0.29, 0.717) is 5.56 Å². The Balaban J connectivity index is 2.68. The Labute approximate surface area is 863 Å². The molecule has 1 aromatic carbocycles. The lowest BCUT2D eigenvalue weighted by Gasteiger charge is -2.29. The summed E-state index contributed by atoms with van der Waals surface area (Å²) in [6.45, 7) is 15.6. The number of thioether (sulfide) groups is 1. The number of H-pyrrole nitrogens is 1. The molecule has 0 saturated heterocycles. The molecule has 0 aliphatic heterocycles.